The minimum atomic E-state index is 0.884. The number of hydrogen-bond acceptors (Lipinski definition) is 1. The maximum absolute atomic E-state index is 6.72. The first-order chi connectivity index (χ1) is 29.3. The zero-order chi connectivity index (χ0) is 38.9. The van der Waals surface area contributed by atoms with E-state index in [1.165, 1.54) is 98.7 Å². The highest BCUT2D eigenvalue weighted by Crippen LogP contribution is 2.49. The fraction of sp³-hybridized carbons (Fsp3) is 0. The number of hydrogen-bond donors (Lipinski definition) is 0. The van der Waals surface area contributed by atoms with E-state index in [4.69, 9.17) is 4.42 Å². The van der Waals surface area contributed by atoms with Crippen LogP contribution < -0.4 is 0 Å². The van der Waals surface area contributed by atoms with Crippen LogP contribution >= 0.6 is 0 Å². The van der Waals surface area contributed by atoms with Gasteiger partial charge in [-0.05, 0) is 117 Å². The van der Waals surface area contributed by atoms with Crippen molar-refractivity contribution in [1.29, 1.82) is 0 Å². The first kappa shape index (κ1) is 33.4. The molecule has 0 bridgehead atoms. The summed E-state index contributed by atoms with van der Waals surface area (Å²) in [4.78, 5) is 0. The third-order valence-electron chi connectivity index (χ3n) is 12.3. The fourth-order valence-corrected chi connectivity index (χ4v) is 9.74. The molecule has 0 aliphatic rings. The van der Waals surface area contributed by atoms with Gasteiger partial charge in [-0.1, -0.05) is 200 Å². The zero-order valence-electron chi connectivity index (χ0n) is 32.2. The normalized spacial score (nSPS) is 11.7. The molecule has 0 saturated heterocycles. The van der Waals surface area contributed by atoms with Crippen molar-refractivity contribution >= 4 is 65.0 Å². The molecule has 1 nitrogen and oxygen atoms in total. The predicted molar refractivity (Wildman–Crippen MR) is 251 cm³/mol. The molecule has 274 valence electrons. The molecule has 1 heteroatoms. The molecular formula is C58H36O. The number of benzene rings is 11. The maximum Gasteiger partial charge on any atom is 0.136 e. The van der Waals surface area contributed by atoms with Crippen LogP contribution in [0.2, 0.25) is 0 Å². The molecule has 0 N–H and O–H groups in total. The monoisotopic (exact) mass is 748 g/mol. The van der Waals surface area contributed by atoms with Gasteiger partial charge in [-0.15, -0.1) is 0 Å². The lowest BCUT2D eigenvalue weighted by Crippen LogP contribution is -1.91. The van der Waals surface area contributed by atoms with E-state index in [2.05, 4.69) is 218 Å². The van der Waals surface area contributed by atoms with Crippen molar-refractivity contribution in [3.8, 4) is 55.6 Å². The Morgan fingerprint density at radius 2 is 0.593 bits per heavy atom. The summed E-state index contributed by atoms with van der Waals surface area (Å²) in [6.07, 6.45) is 0. The van der Waals surface area contributed by atoms with E-state index in [1.54, 1.807) is 0 Å². The summed E-state index contributed by atoms with van der Waals surface area (Å²) >= 11 is 0. The Bertz CT molecular complexity index is 3460. The van der Waals surface area contributed by atoms with E-state index in [1.807, 2.05) is 0 Å². The van der Waals surface area contributed by atoms with Gasteiger partial charge in [0.2, 0.25) is 0 Å². The summed E-state index contributed by atoms with van der Waals surface area (Å²) in [5, 5.41) is 12.1. The molecule has 59 heavy (non-hydrogen) atoms. The lowest BCUT2D eigenvalue weighted by molar-refractivity contribution is 0.669. The number of rotatable bonds is 5. The zero-order valence-corrected chi connectivity index (χ0v) is 32.2. The van der Waals surface area contributed by atoms with Crippen LogP contribution in [-0.2, 0) is 0 Å². The van der Waals surface area contributed by atoms with E-state index in [0.717, 1.165) is 21.9 Å². The topological polar surface area (TPSA) is 13.1 Å². The largest absolute Gasteiger partial charge is 0.456 e. The molecule has 0 amide bonds. The minimum absolute atomic E-state index is 0.884. The highest BCUT2D eigenvalue weighted by atomic mass is 16.3. The van der Waals surface area contributed by atoms with Gasteiger partial charge in [-0.25, -0.2) is 0 Å². The predicted octanol–water partition coefficient (Wildman–Crippen LogP) is 16.5. The Balaban J connectivity index is 1.11. The van der Waals surface area contributed by atoms with Crippen LogP contribution in [0.1, 0.15) is 0 Å². The summed E-state index contributed by atoms with van der Waals surface area (Å²) in [6.45, 7) is 0. The second-order valence-corrected chi connectivity index (χ2v) is 15.5. The van der Waals surface area contributed by atoms with Crippen molar-refractivity contribution in [3.63, 3.8) is 0 Å². The molecule has 0 unspecified atom stereocenters. The lowest BCUT2D eigenvalue weighted by atomic mass is 9.84. The van der Waals surface area contributed by atoms with E-state index < -0.39 is 0 Å². The molecule has 0 fully saturated rings. The Morgan fingerprint density at radius 3 is 1.10 bits per heavy atom. The Hall–Kier alpha value is -7.74. The van der Waals surface area contributed by atoms with Gasteiger partial charge in [0.25, 0.3) is 0 Å². The molecular weight excluding hydrogens is 713 g/mol. The highest BCUT2D eigenvalue weighted by molar-refractivity contribution is 6.27. The van der Waals surface area contributed by atoms with Gasteiger partial charge >= 0.3 is 0 Å². The SMILES string of the molecule is c1ccc(-c2ccc(-c3c4ccccc4c(-c4ccc5oc6cccc(-c7c8ccccc8c(-c8ccccc8)c8ccccc78)c6c5c4)c4ccccc34)cc2)cc1. The molecule has 0 aliphatic heterocycles. The van der Waals surface area contributed by atoms with Crippen molar-refractivity contribution in [2.75, 3.05) is 0 Å². The van der Waals surface area contributed by atoms with Crippen LogP contribution in [0.4, 0.5) is 0 Å². The molecule has 1 aromatic heterocycles. The summed E-state index contributed by atoms with van der Waals surface area (Å²) in [7, 11) is 0. The van der Waals surface area contributed by atoms with E-state index in [9.17, 15) is 0 Å². The highest BCUT2D eigenvalue weighted by Gasteiger charge is 2.22. The second kappa shape index (κ2) is 13.4. The van der Waals surface area contributed by atoms with Crippen LogP contribution in [0.5, 0.6) is 0 Å². The second-order valence-electron chi connectivity index (χ2n) is 15.5. The first-order valence-electron chi connectivity index (χ1n) is 20.3. The van der Waals surface area contributed by atoms with Gasteiger partial charge < -0.3 is 4.42 Å². The molecule has 1 heterocycles. The summed E-state index contributed by atoms with van der Waals surface area (Å²) in [5.41, 5.74) is 14.0. The van der Waals surface area contributed by atoms with Gasteiger partial charge in [-0.3, -0.25) is 0 Å². The van der Waals surface area contributed by atoms with Crippen molar-refractivity contribution < 1.29 is 4.42 Å². The van der Waals surface area contributed by atoms with Gasteiger partial charge in [0.1, 0.15) is 11.2 Å². The molecule has 0 spiro atoms. The molecule has 0 radical (unpaired) electrons. The van der Waals surface area contributed by atoms with E-state index >= 15 is 0 Å². The average Bonchev–Trinajstić information content (AvgIpc) is 3.69. The Morgan fingerprint density at radius 1 is 0.220 bits per heavy atom. The van der Waals surface area contributed by atoms with Gasteiger partial charge in [0, 0.05) is 10.8 Å². The average molecular weight is 749 g/mol. The molecule has 12 aromatic rings. The fourth-order valence-electron chi connectivity index (χ4n) is 9.74. The summed E-state index contributed by atoms with van der Waals surface area (Å²) in [5.74, 6) is 0. The van der Waals surface area contributed by atoms with Gasteiger partial charge in [-0.2, -0.15) is 0 Å². The molecule has 0 saturated carbocycles. The van der Waals surface area contributed by atoms with Gasteiger partial charge in [0.15, 0.2) is 0 Å². The minimum Gasteiger partial charge on any atom is -0.456 e. The van der Waals surface area contributed by atoms with Gasteiger partial charge in [0.05, 0.1) is 0 Å². The summed E-state index contributed by atoms with van der Waals surface area (Å²) in [6, 6.07) is 79.4. The first-order valence-corrected chi connectivity index (χ1v) is 20.3. The van der Waals surface area contributed by atoms with E-state index in [0.29, 0.717) is 0 Å². The maximum atomic E-state index is 6.72. The number of furan rings is 1. The molecule has 0 aliphatic carbocycles. The molecule has 11 aromatic carbocycles. The Labute approximate surface area is 342 Å². The Kier molecular flexibility index (Phi) is 7.61. The van der Waals surface area contributed by atoms with Crippen LogP contribution in [0, 0.1) is 0 Å². The van der Waals surface area contributed by atoms with E-state index in [-0.39, 0.29) is 0 Å². The quantitative estimate of drug-likeness (QED) is 0.160. The molecule has 12 rings (SSSR count). The third kappa shape index (κ3) is 5.25. The van der Waals surface area contributed by atoms with Crippen molar-refractivity contribution in [2.24, 2.45) is 0 Å². The van der Waals surface area contributed by atoms with Crippen LogP contribution in [-0.4, -0.2) is 0 Å². The summed E-state index contributed by atoms with van der Waals surface area (Å²) < 4.78 is 6.72. The standard InChI is InChI=1S/C58H36O/c1-3-16-37(17-4-1)38-30-32-40(33-31-38)55-42-20-7-9-22-44(42)56(45-23-10-8-21-43(45)55)41-34-35-52-51(36-41)58-50(28-15-29-53(58)59-52)57-48-26-13-11-24-46(48)54(39-18-5-2-6-19-39)47-25-12-14-27-49(47)57/h1-36H. The van der Waals surface area contributed by atoms with Crippen molar-refractivity contribution in [1.82, 2.24) is 0 Å². The smallest absolute Gasteiger partial charge is 0.136 e. The third-order valence-corrected chi connectivity index (χ3v) is 12.3. The molecule has 0 atom stereocenters. The number of fused-ring (bicyclic) bond motifs is 7. The van der Waals surface area contributed by atoms with Crippen LogP contribution in [0.25, 0.3) is 121 Å². The van der Waals surface area contributed by atoms with Crippen LogP contribution in [0.3, 0.4) is 0 Å². The van der Waals surface area contributed by atoms with Crippen LogP contribution in [0.15, 0.2) is 223 Å². The van der Waals surface area contributed by atoms with Crippen molar-refractivity contribution in [3.05, 3.63) is 218 Å². The van der Waals surface area contributed by atoms with Crippen molar-refractivity contribution in [2.45, 2.75) is 0 Å². The lowest BCUT2D eigenvalue weighted by Gasteiger charge is -2.18.